The molecule has 0 saturated heterocycles. The number of carboxylic acid groups (broad SMARTS) is 1. The highest BCUT2D eigenvalue weighted by atomic mass is 16.4. The predicted molar refractivity (Wildman–Crippen MR) is 123 cm³/mol. The van der Waals surface area contributed by atoms with E-state index in [-0.39, 0.29) is 11.5 Å². The summed E-state index contributed by atoms with van der Waals surface area (Å²) in [6.45, 7) is 4.63. The third-order valence-electron chi connectivity index (χ3n) is 5.50. The van der Waals surface area contributed by atoms with Gasteiger partial charge in [0.25, 0.3) is 0 Å². The quantitative estimate of drug-likeness (QED) is 0.409. The van der Waals surface area contributed by atoms with Crippen LogP contribution in [-0.2, 0) is 6.54 Å². The van der Waals surface area contributed by atoms with Crippen molar-refractivity contribution >= 4 is 33.9 Å². The highest BCUT2D eigenvalue weighted by molar-refractivity contribution is 5.95. The smallest absolute Gasteiger partial charge is 0.337 e. The third kappa shape index (κ3) is 3.45. The van der Waals surface area contributed by atoms with Crippen molar-refractivity contribution < 1.29 is 9.90 Å². The van der Waals surface area contributed by atoms with Crippen molar-refractivity contribution in [2.45, 2.75) is 26.3 Å². The van der Waals surface area contributed by atoms with Crippen molar-refractivity contribution in [1.29, 1.82) is 0 Å². The van der Waals surface area contributed by atoms with Crippen LogP contribution in [0.25, 0.3) is 16.4 Å². The lowest BCUT2D eigenvalue weighted by molar-refractivity contribution is 0.0695. The molecule has 0 unspecified atom stereocenters. The van der Waals surface area contributed by atoms with Gasteiger partial charge in [0.05, 0.1) is 23.8 Å². The zero-order chi connectivity index (χ0) is 22.2. The van der Waals surface area contributed by atoms with Gasteiger partial charge in [-0.15, -0.1) is 0 Å². The third-order valence-corrected chi connectivity index (χ3v) is 5.50. The summed E-state index contributed by atoms with van der Waals surface area (Å²) in [5.41, 5.74) is 4.67. The summed E-state index contributed by atoms with van der Waals surface area (Å²) < 4.78 is 3.55. The van der Waals surface area contributed by atoms with Gasteiger partial charge in [-0.05, 0) is 29.7 Å². The molecule has 0 fully saturated rings. The van der Waals surface area contributed by atoms with Gasteiger partial charge in [-0.1, -0.05) is 44.2 Å². The number of carboxylic acids is 1. The molecule has 160 valence electrons. The van der Waals surface area contributed by atoms with Crippen LogP contribution in [0.15, 0.2) is 67.3 Å². The fraction of sp³-hybridized carbons (Fsp3) is 0.167. The lowest BCUT2D eigenvalue weighted by Gasteiger charge is -2.11. The summed E-state index contributed by atoms with van der Waals surface area (Å²) in [5.74, 6) is -0.416. The van der Waals surface area contributed by atoms with Crippen molar-refractivity contribution in [3.8, 4) is 0 Å². The van der Waals surface area contributed by atoms with Crippen molar-refractivity contribution in [2.75, 3.05) is 5.32 Å². The summed E-state index contributed by atoms with van der Waals surface area (Å²) in [7, 11) is 0. The van der Waals surface area contributed by atoms with Crippen LogP contribution in [0.5, 0.6) is 0 Å². The van der Waals surface area contributed by atoms with Crippen LogP contribution in [0, 0.1) is 0 Å². The number of benzene rings is 2. The molecule has 8 nitrogen and oxygen atoms in total. The first-order valence-electron chi connectivity index (χ1n) is 10.4. The van der Waals surface area contributed by atoms with E-state index >= 15 is 0 Å². The Morgan fingerprint density at radius 2 is 1.94 bits per heavy atom. The molecule has 8 heteroatoms. The average molecular weight is 426 g/mol. The van der Waals surface area contributed by atoms with Crippen LogP contribution in [0.4, 0.5) is 11.5 Å². The Hall–Kier alpha value is -4.20. The molecule has 3 aromatic heterocycles. The van der Waals surface area contributed by atoms with Crippen LogP contribution in [-0.4, -0.2) is 35.5 Å². The van der Waals surface area contributed by atoms with E-state index < -0.39 is 5.97 Å². The van der Waals surface area contributed by atoms with Crippen LogP contribution in [0.2, 0.25) is 0 Å². The number of carbonyl (C=O) groups is 1. The molecule has 5 aromatic rings. The number of rotatable bonds is 6. The largest absolute Gasteiger partial charge is 0.478 e. The van der Waals surface area contributed by atoms with Crippen LogP contribution in [0.3, 0.4) is 0 Å². The number of anilines is 2. The molecular formula is C24H22N6O2. The minimum absolute atomic E-state index is 0.00338. The highest BCUT2D eigenvalue weighted by Gasteiger charge is 2.22. The van der Waals surface area contributed by atoms with Gasteiger partial charge in [0.1, 0.15) is 11.8 Å². The van der Waals surface area contributed by atoms with Gasteiger partial charge < -0.3 is 10.4 Å². The van der Waals surface area contributed by atoms with Gasteiger partial charge in [0.15, 0.2) is 5.82 Å². The maximum absolute atomic E-state index is 11.8. The van der Waals surface area contributed by atoms with E-state index in [4.69, 9.17) is 0 Å². The van der Waals surface area contributed by atoms with Crippen molar-refractivity contribution in [1.82, 2.24) is 24.4 Å². The van der Waals surface area contributed by atoms with E-state index in [1.54, 1.807) is 4.52 Å². The standard InChI is InChI=1S/C24H22N6O2/c1-15(2)21-19(24(31)32)13-30-22(21)23(25-14-27-30)28-18-8-9-20-17(10-18)11-26-29(20)12-16-6-4-3-5-7-16/h3-11,13-15H,12H2,1-2H3,(H,31,32)(H,25,27,28). The second-order valence-electron chi connectivity index (χ2n) is 8.00. The lowest BCUT2D eigenvalue weighted by Crippen LogP contribution is -2.03. The molecule has 0 radical (unpaired) electrons. The number of fused-ring (bicyclic) bond motifs is 2. The molecule has 32 heavy (non-hydrogen) atoms. The summed E-state index contributed by atoms with van der Waals surface area (Å²) in [5, 5.41) is 22.7. The molecule has 3 heterocycles. The van der Waals surface area contributed by atoms with Crippen LogP contribution in [0.1, 0.15) is 41.3 Å². The van der Waals surface area contributed by atoms with Crippen LogP contribution < -0.4 is 5.32 Å². The fourth-order valence-electron chi connectivity index (χ4n) is 4.07. The number of nitrogens with zero attached hydrogens (tertiary/aromatic N) is 5. The first kappa shape index (κ1) is 19.7. The molecule has 2 aromatic carbocycles. The second-order valence-corrected chi connectivity index (χ2v) is 8.00. The summed E-state index contributed by atoms with van der Waals surface area (Å²) >= 11 is 0. The summed E-state index contributed by atoms with van der Waals surface area (Å²) in [6.07, 6.45) is 4.80. The minimum atomic E-state index is -0.975. The molecule has 0 atom stereocenters. The first-order valence-corrected chi connectivity index (χ1v) is 10.4. The Morgan fingerprint density at radius 3 is 2.69 bits per heavy atom. The van der Waals surface area contributed by atoms with Crippen molar-refractivity contribution in [3.63, 3.8) is 0 Å². The Labute approximate surface area is 184 Å². The van der Waals surface area contributed by atoms with E-state index in [2.05, 4.69) is 32.6 Å². The maximum Gasteiger partial charge on any atom is 0.337 e. The SMILES string of the molecule is CC(C)c1c(C(=O)O)cn2ncnc(Nc3ccc4c(cnn4Cc4ccccc4)c3)c12. The van der Waals surface area contributed by atoms with E-state index in [9.17, 15) is 9.90 Å². The number of hydrogen-bond donors (Lipinski definition) is 2. The van der Waals surface area contributed by atoms with Crippen molar-refractivity contribution in [3.05, 3.63) is 83.9 Å². The molecule has 5 rings (SSSR count). The number of nitrogens with one attached hydrogen (secondary N) is 1. The van der Waals surface area contributed by atoms with E-state index in [1.165, 1.54) is 18.1 Å². The molecule has 0 aliphatic heterocycles. The number of aromatic carboxylic acids is 1. The molecule has 0 spiro atoms. The minimum Gasteiger partial charge on any atom is -0.478 e. The van der Waals surface area contributed by atoms with Crippen LogP contribution >= 0.6 is 0 Å². The van der Waals surface area contributed by atoms with Gasteiger partial charge in [0.2, 0.25) is 0 Å². The van der Waals surface area contributed by atoms with Gasteiger partial charge in [-0.25, -0.2) is 14.3 Å². The van der Waals surface area contributed by atoms with E-state index in [1.807, 2.05) is 61.1 Å². The van der Waals surface area contributed by atoms with Gasteiger partial charge in [-0.2, -0.15) is 10.2 Å². The van der Waals surface area contributed by atoms with Crippen molar-refractivity contribution in [2.24, 2.45) is 0 Å². The molecule has 0 saturated carbocycles. The average Bonchev–Trinajstić information content (AvgIpc) is 3.37. The Kier molecular flexibility index (Phi) is 4.82. The molecule has 0 aliphatic carbocycles. The number of hydrogen-bond acceptors (Lipinski definition) is 5. The predicted octanol–water partition coefficient (Wildman–Crippen LogP) is 4.69. The highest BCUT2D eigenvalue weighted by Crippen LogP contribution is 2.32. The topological polar surface area (TPSA) is 97.3 Å². The summed E-state index contributed by atoms with van der Waals surface area (Å²) in [4.78, 5) is 16.2. The second kappa shape index (κ2) is 7.81. The monoisotopic (exact) mass is 426 g/mol. The maximum atomic E-state index is 11.8. The Morgan fingerprint density at radius 1 is 1.12 bits per heavy atom. The normalized spacial score (nSPS) is 11.5. The van der Waals surface area contributed by atoms with Gasteiger partial charge in [0, 0.05) is 22.8 Å². The molecule has 0 bridgehead atoms. The van der Waals surface area contributed by atoms with E-state index in [0.29, 0.717) is 23.4 Å². The molecule has 0 aliphatic rings. The van der Waals surface area contributed by atoms with E-state index in [0.717, 1.165) is 16.6 Å². The zero-order valence-corrected chi connectivity index (χ0v) is 17.7. The zero-order valence-electron chi connectivity index (χ0n) is 17.7. The Bertz CT molecular complexity index is 1440. The fourth-order valence-corrected chi connectivity index (χ4v) is 4.07. The summed E-state index contributed by atoms with van der Waals surface area (Å²) in [6, 6.07) is 16.2. The first-order chi connectivity index (χ1) is 15.5. The molecule has 2 N–H and O–H groups in total. The molecule has 0 amide bonds. The van der Waals surface area contributed by atoms with Gasteiger partial charge >= 0.3 is 5.97 Å². The molecular weight excluding hydrogens is 404 g/mol. The Balaban J connectivity index is 1.51. The van der Waals surface area contributed by atoms with Gasteiger partial charge in [-0.3, -0.25) is 4.68 Å². The number of aromatic nitrogens is 5. The lowest BCUT2D eigenvalue weighted by atomic mass is 10.00.